The van der Waals surface area contributed by atoms with Crippen molar-refractivity contribution >= 4 is 15.8 Å². The predicted molar refractivity (Wildman–Crippen MR) is 82.1 cm³/mol. The Morgan fingerprint density at radius 3 is 2.62 bits per heavy atom. The highest BCUT2D eigenvalue weighted by molar-refractivity contribution is 7.89. The molecule has 1 aromatic heterocycles. The number of benzene rings is 1. The minimum absolute atomic E-state index is 0.169. The van der Waals surface area contributed by atoms with Crippen molar-refractivity contribution in [1.29, 1.82) is 0 Å². The lowest BCUT2D eigenvalue weighted by Crippen LogP contribution is -2.30. The zero-order valence-corrected chi connectivity index (χ0v) is 13.0. The first kappa shape index (κ1) is 15.4. The average molecular weight is 306 g/mol. The van der Waals surface area contributed by atoms with Crippen molar-refractivity contribution in [3.63, 3.8) is 0 Å². The van der Waals surface area contributed by atoms with Crippen LogP contribution in [0.4, 0.5) is 5.82 Å². The molecular formula is C14H18N4O2S. The van der Waals surface area contributed by atoms with Gasteiger partial charge in [0.25, 0.3) is 0 Å². The van der Waals surface area contributed by atoms with Crippen molar-refractivity contribution in [2.24, 2.45) is 0 Å². The van der Waals surface area contributed by atoms with E-state index in [9.17, 15) is 8.42 Å². The molecule has 0 saturated carbocycles. The molecule has 0 fully saturated rings. The second-order valence-electron chi connectivity index (χ2n) is 5.03. The van der Waals surface area contributed by atoms with Gasteiger partial charge in [-0.05, 0) is 32.9 Å². The van der Waals surface area contributed by atoms with Gasteiger partial charge in [0.1, 0.15) is 5.82 Å². The number of anilines is 1. The Morgan fingerprint density at radius 2 is 2.00 bits per heavy atom. The third-order valence-corrected chi connectivity index (χ3v) is 4.47. The van der Waals surface area contributed by atoms with Crippen LogP contribution in [0.25, 0.3) is 11.3 Å². The van der Waals surface area contributed by atoms with Gasteiger partial charge in [-0.2, -0.15) is 0 Å². The van der Waals surface area contributed by atoms with E-state index in [1.54, 1.807) is 45.0 Å². The fraction of sp³-hybridized carbons (Fsp3) is 0.286. The maximum Gasteiger partial charge on any atom is 0.240 e. The molecule has 1 aromatic carbocycles. The molecule has 6 nitrogen and oxygen atoms in total. The summed E-state index contributed by atoms with van der Waals surface area (Å²) >= 11 is 0. The molecule has 3 N–H and O–H groups in total. The lowest BCUT2D eigenvalue weighted by atomic mass is 10.1. The molecule has 1 heterocycles. The topological polar surface area (TPSA) is 98.0 Å². The largest absolute Gasteiger partial charge is 0.382 e. The number of nitrogen functional groups attached to an aromatic ring is 1. The third-order valence-electron chi connectivity index (χ3n) is 2.82. The van der Waals surface area contributed by atoms with Crippen LogP contribution in [0.15, 0.2) is 35.4 Å². The summed E-state index contributed by atoms with van der Waals surface area (Å²) in [5.74, 6) is 0.365. The molecule has 0 spiro atoms. The lowest BCUT2D eigenvalue weighted by Gasteiger charge is -2.10. The molecule has 112 valence electrons. The fourth-order valence-corrected chi connectivity index (χ4v) is 3.13. The van der Waals surface area contributed by atoms with Crippen LogP contribution in [0.3, 0.4) is 0 Å². The van der Waals surface area contributed by atoms with Crippen LogP contribution in [0.2, 0.25) is 0 Å². The minimum Gasteiger partial charge on any atom is -0.382 e. The summed E-state index contributed by atoms with van der Waals surface area (Å²) < 4.78 is 26.9. The van der Waals surface area contributed by atoms with Crippen molar-refractivity contribution in [3.05, 3.63) is 36.2 Å². The lowest BCUT2D eigenvalue weighted by molar-refractivity contribution is 0.570. The number of aromatic nitrogens is 2. The van der Waals surface area contributed by atoms with Crippen molar-refractivity contribution < 1.29 is 8.42 Å². The molecule has 21 heavy (non-hydrogen) atoms. The predicted octanol–water partition coefficient (Wildman–Crippen LogP) is 1.72. The van der Waals surface area contributed by atoms with Crippen molar-refractivity contribution in [1.82, 2.24) is 14.7 Å². The summed E-state index contributed by atoms with van der Waals surface area (Å²) in [6.45, 7) is 5.30. The second kappa shape index (κ2) is 5.79. The summed E-state index contributed by atoms with van der Waals surface area (Å²) in [5.41, 5.74) is 7.52. The van der Waals surface area contributed by atoms with Crippen molar-refractivity contribution in [3.8, 4) is 11.3 Å². The molecule has 2 rings (SSSR count). The number of nitrogens with one attached hydrogen (secondary N) is 1. The highest BCUT2D eigenvalue weighted by Crippen LogP contribution is 2.21. The molecule has 0 bridgehead atoms. The zero-order valence-electron chi connectivity index (χ0n) is 12.2. The monoisotopic (exact) mass is 306 g/mol. The molecule has 0 aliphatic heterocycles. The Bertz CT molecular complexity index is 757. The highest BCUT2D eigenvalue weighted by Gasteiger charge is 2.16. The Balaban J connectivity index is 2.44. The Kier molecular flexibility index (Phi) is 4.24. The molecule has 7 heteroatoms. The summed E-state index contributed by atoms with van der Waals surface area (Å²) in [5, 5.41) is 0. The third kappa shape index (κ3) is 3.56. The summed E-state index contributed by atoms with van der Waals surface area (Å²) in [7, 11) is -3.53. The number of hydrogen-bond donors (Lipinski definition) is 2. The molecule has 0 unspecified atom stereocenters. The molecular weight excluding hydrogens is 288 g/mol. The van der Waals surface area contributed by atoms with Gasteiger partial charge in [0, 0.05) is 11.6 Å². The van der Waals surface area contributed by atoms with E-state index in [0.717, 1.165) is 0 Å². The van der Waals surface area contributed by atoms with Crippen LogP contribution < -0.4 is 10.5 Å². The van der Waals surface area contributed by atoms with Crippen molar-refractivity contribution in [2.45, 2.75) is 31.7 Å². The average Bonchev–Trinajstić information content (AvgIpc) is 2.41. The number of aryl methyl sites for hydroxylation is 1. The van der Waals surface area contributed by atoms with E-state index in [-0.39, 0.29) is 10.9 Å². The maximum absolute atomic E-state index is 12.2. The number of sulfonamides is 1. The van der Waals surface area contributed by atoms with Gasteiger partial charge in [0.05, 0.1) is 22.5 Å². The van der Waals surface area contributed by atoms with Gasteiger partial charge in [0.15, 0.2) is 0 Å². The smallest absolute Gasteiger partial charge is 0.240 e. The first-order valence-electron chi connectivity index (χ1n) is 6.51. The van der Waals surface area contributed by atoms with Crippen LogP contribution in [0.5, 0.6) is 0 Å². The molecule has 0 amide bonds. The number of hydrogen-bond acceptors (Lipinski definition) is 5. The van der Waals surface area contributed by atoms with E-state index >= 15 is 0 Å². The minimum atomic E-state index is -3.53. The molecule has 0 aliphatic rings. The van der Waals surface area contributed by atoms with Crippen molar-refractivity contribution in [2.75, 3.05) is 5.73 Å². The van der Waals surface area contributed by atoms with E-state index < -0.39 is 10.0 Å². The second-order valence-corrected chi connectivity index (χ2v) is 6.74. The van der Waals surface area contributed by atoms with Gasteiger partial charge in [-0.25, -0.2) is 23.1 Å². The summed E-state index contributed by atoms with van der Waals surface area (Å²) in [6.07, 6.45) is 1.53. The molecule has 0 radical (unpaired) electrons. The van der Waals surface area contributed by atoms with E-state index in [2.05, 4.69) is 14.7 Å². The maximum atomic E-state index is 12.2. The van der Waals surface area contributed by atoms with Crippen LogP contribution in [-0.2, 0) is 10.0 Å². The van der Waals surface area contributed by atoms with Gasteiger partial charge in [-0.1, -0.05) is 12.1 Å². The van der Waals surface area contributed by atoms with Crippen LogP contribution in [0.1, 0.15) is 19.5 Å². The summed E-state index contributed by atoms with van der Waals surface area (Å²) in [4.78, 5) is 8.57. The Hall–Kier alpha value is -1.99. The fourth-order valence-electron chi connectivity index (χ4n) is 1.83. The molecule has 0 aliphatic carbocycles. The first-order valence-corrected chi connectivity index (χ1v) is 8.00. The van der Waals surface area contributed by atoms with E-state index in [1.807, 2.05) is 0 Å². The molecule has 2 aromatic rings. The quantitative estimate of drug-likeness (QED) is 0.896. The van der Waals surface area contributed by atoms with E-state index in [4.69, 9.17) is 5.73 Å². The molecule has 0 saturated heterocycles. The number of nitrogens with two attached hydrogens (primary N) is 1. The molecule has 0 atom stereocenters. The summed E-state index contributed by atoms with van der Waals surface area (Å²) in [6, 6.07) is 6.42. The van der Waals surface area contributed by atoms with Crippen LogP contribution in [0, 0.1) is 6.92 Å². The van der Waals surface area contributed by atoms with Gasteiger partial charge in [-0.3, -0.25) is 0 Å². The number of nitrogens with zero attached hydrogens (tertiary/aromatic N) is 2. The first-order chi connectivity index (χ1) is 9.79. The highest BCUT2D eigenvalue weighted by atomic mass is 32.2. The van der Waals surface area contributed by atoms with Gasteiger partial charge < -0.3 is 5.73 Å². The standard InChI is InChI=1S/C14H18N4O2S/c1-9(2)18-21(19,20)12-6-4-5-11(7-12)13-8-16-14(15)10(3)17-13/h4-9,18H,1-3H3,(H2,15,16). The van der Waals surface area contributed by atoms with Crippen LogP contribution in [-0.4, -0.2) is 24.4 Å². The van der Waals surface area contributed by atoms with Crippen LogP contribution >= 0.6 is 0 Å². The van der Waals surface area contributed by atoms with Gasteiger partial charge in [-0.15, -0.1) is 0 Å². The van der Waals surface area contributed by atoms with E-state index in [1.165, 1.54) is 6.20 Å². The Labute approximate surface area is 124 Å². The van der Waals surface area contributed by atoms with E-state index in [0.29, 0.717) is 22.8 Å². The van der Waals surface area contributed by atoms with Gasteiger partial charge in [0.2, 0.25) is 10.0 Å². The SMILES string of the molecule is Cc1nc(-c2cccc(S(=O)(=O)NC(C)C)c2)cnc1N. The normalized spacial score (nSPS) is 11.8. The zero-order chi connectivity index (χ0) is 15.6. The Morgan fingerprint density at radius 1 is 1.29 bits per heavy atom. The number of rotatable bonds is 4. The van der Waals surface area contributed by atoms with Gasteiger partial charge >= 0.3 is 0 Å².